The summed E-state index contributed by atoms with van der Waals surface area (Å²) in [5, 5.41) is 14.2. The zero-order chi connectivity index (χ0) is 16.5. The lowest BCUT2D eigenvalue weighted by Crippen LogP contribution is -2.24. The van der Waals surface area contributed by atoms with E-state index in [1.807, 2.05) is 42.6 Å². The minimum Gasteiger partial charge on any atom is -0.334 e. The van der Waals surface area contributed by atoms with E-state index in [2.05, 4.69) is 20.6 Å². The molecule has 0 unspecified atom stereocenters. The van der Waals surface area contributed by atoms with E-state index >= 15 is 0 Å². The molecular weight excluding hydrogens is 328 g/mol. The second-order valence-electron chi connectivity index (χ2n) is 5.17. The molecule has 120 valence electrons. The molecule has 0 N–H and O–H groups in total. The van der Waals surface area contributed by atoms with Crippen LogP contribution in [-0.4, -0.2) is 29.9 Å². The molecule has 0 aliphatic carbocycles. The Kier molecular flexibility index (Phi) is 3.54. The largest absolute Gasteiger partial charge is 0.369 e. The predicted molar refractivity (Wildman–Crippen MR) is 87.1 cm³/mol. The summed E-state index contributed by atoms with van der Waals surface area (Å²) in [5.41, 5.74) is 1.59. The number of thiophene rings is 1. The summed E-state index contributed by atoms with van der Waals surface area (Å²) >= 11 is 1.41. The Hall–Kier alpha value is -3.07. The van der Waals surface area contributed by atoms with Crippen molar-refractivity contribution in [3.8, 4) is 16.5 Å². The first-order valence-electron chi connectivity index (χ1n) is 7.17. The van der Waals surface area contributed by atoms with Crippen LogP contribution in [0, 0.1) is 6.92 Å². The van der Waals surface area contributed by atoms with Crippen molar-refractivity contribution >= 4 is 11.3 Å². The molecule has 9 heteroatoms. The molecule has 8 nitrogen and oxygen atoms in total. The first-order chi connectivity index (χ1) is 11.7. The fourth-order valence-electron chi connectivity index (χ4n) is 2.25. The van der Waals surface area contributed by atoms with Crippen molar-refractivity contribution in [3.63, 3.8) is 0 Å². The van der Waals surface area contributed by atoms with Crippen LogP contribution in [0.15, 0.2) is 51.1 Å². The van der Waals surface area contributed by atoms with Crippen molar-refractivity contribution in [3.05, 3.63) is 63.7 Å². The number of nitrogens with zero attached hydrogens (tertiary/aromatic N) is 6. The maximum Gasteiger partial charge on any atom is 0.369 e. The molecule has 3 aromatic heterocycles. The summed E-state index contributed by atoms with van der Waals surface area (Å²) in [4.78, 5) is 16.6. The Morgan fingerprint density at radius 1 is 1.21 bits per heavy atom. The smallest absolute Gasteiger partial charge is 0.334 e. The van der Waals surface area contributed by atoms with E-state index in [1.54, 1.807) is 6.07 Å². The number of tetrazole rings is 1. The first-order valence-corrected chi connectivity index (χ1v) is 8.05. The van der Waals surface area contributed by atoms with Crippen molar-refractivity contribution in [1.29, 1.82) is 0 Å². The van der Waals surface area contributed by atoms with E-state index < -0.39 is 0 Å². The average Bonchev–Trinajstić information content (AvgIpc) is 3.30. The second kappa shape index (κ2) is 5.85. The van der Waals surface area contributed by atoms with Gasteiger partial charge in [0.1, 0.15) is 11.5 Å². The number of aromatic nitrogens is 6. The molecule has 0 saturated carbocycles. The average molecular weight is 340 g/mol. The fourth-order valence-corrected chi connectivity index (χ4v) is 2.92. The summed E-state index contributed by atoms with van der Waals surface area (Å²) in [6.45, 7) is 2.09. The molecular formula is C15H12N6O2S. The molecule has 0 bridgehead atoms. The number of rotatable bonds is 4. The van der Waals surface area contributed by atoms with Crippen LogP contribution in [0.5, 0.6) is 0 Å². The molecule has 24 heavy (non-hydrogen) atoms. The highest BCUT2D eigenvalue weighted by Gasteiger charge is 2.14. The van der Waals surface area contributed by atoms with Gasteiger partial charge < -0.3 is 4.52 Å². The molecule has 0 aliphatic rings. The molecule has 4 rings (SSSR count). The molecule has 0 spiro atoms. The van der Waals surface area contributed by atoms with Gasteiger partial charge in [0, 0.05) is 5.56 Å². The van der Waals surface area contributed by atoms with Gasteiger partial charge in [0.05, 0.1) is 0 Å². The van der Waals surface area contributed by atoms with Crippen molar-refractivity contribution in [2.24, 2.45) is 0 Å². The van der Waals surface area contributed by atoms with E-state index in [0.29, 0.717) is 16.7 Å². The Labute approximate surface area is 140 Å². The lowest BCUT2D eigenvalue weighted by atomic mass is 10.1. The monoisotopic (exact) mass is 340 g/mol. The molecule has 0 amide bonds. The normalized spacial score (nSPS) is 11.0. The van der Waals surface area contributed by atoms with Crippen LogP contribution >= 0.6 is 11.3 Å². The van der Waals surface area contributed by atoms with Gasteiger partial charge in [0.15, 0.2) is 5.82 Å². The third-order valence-corrected chi connectivity index (χ3v) is 4.22. The molecule has 1 aromatic carbocycles. The highest BCUT2D eigenvalue weighted by Crippen LogP contribution is 2.18. The molecule has 3 heterocycles. The maximum atomic E-state index is 12.3. The van der Waals surface area contributed by atoms with Crippen LogP contribution in [0.2, 0.25) is 0 Å². The van der Waals surface area contributed by atoms with Crippen LogP contribution < -0.4 is 5.69 Å². The van der Waals surface area contributed by atoms with Gasteiger partial charge >= 0.3 is 5.69 Å². The van der Waals surface area contributed by atoms with Gasteiger partial charge in [-0.05, 0) is 47.0 Å². The fraction of sp³-hybridized carbons (Fsp3) is 0.133. The zero-order valence-electron chi connectivity index (χ0n) is 12.7. The summed E-state index contributed by atoms with van der Waals surface area (Å²) in [5.74, 6) is 0.777. The van der Waals surface area contributed by atoms with Crippen molar-refractivity contribution < 1.29 is 4.52 Å². The topological polar surface area (TPSA) is 91.6 Å². The number of benzene rings is 1. The Balaban J connectivity index is 1.60. The second-order valence-corrected chi connectivity index (χ2v) is 6.09. The summed E-state index contributed by atoms with van der Waals surface area (Å²) in [7, 11) is 0. The highest BCUT2D eigenvalue weighted by atomic mass is 32.1. The third kappa shape index (κ3) is 2.65. The van der Waals surface area contributed by atoms with Crippen LogP contribution in [-0.2, 0) is 6.54 Å². The molecule has 0 fully saturated rings. The Morgan fingerprint density at radius 2 is 2.12 bits per heavy atom. The number of hydrogen-bond donors (Lipinski definition) is 0. The number of hydrogen-bond acceptors (Lipinski definition) is 7. The van der Waals surface area contributed by atoms with E-state index in [1.165, 1.54) is 20.7 Å². The first kappa shape index (κ1) is 14.5. The molecule has 4 aromatic rings. The van der Waals surface area contributed by atoms with E-state index in [0.717, 1.165) is 11.1 Å². The van der Waals surface area contributed by atoms with Crippen molar-refractivity contribution in [2.75, 3.05) is 0 Å². The van der Waals surface area contributed by atoms with Crippen LogP contribution in [0.25, 0.3) is 16.5 Å². The lowest BCUT2D eigenvalue weighted by molar-refractivity contribution is 0.417. The van der Waals surface area contributed by atoms with Crippen LogP contribution in [0.1, 0.15) is 11.4 Å². The maximum absolute atomic E-state index is 12.3. The standard InChI is InChI=1S/C15H12N6O2S/c1-10-4-2-5-11(8-10)14-16-12(17-23-14)9-20-15(22)21(19-18-20)13-6-3-7-24-13/h2-8H,9H2,1H3. The number of aryl methyl sites for hydroxylation is 1. The lowest BCUT2D eigenvalue weighted by Gasteiger charge is -1.95. The van der Waals surface area contributed by atoms with Gasteiger partial charge in [-0.2, -0.15) is 14.3 Å². The molecule has 0 aliphatic heterocycles. The van der Waals surface area contributed by atoms with Crippen LogP contribution in [0.3, 0.4) is 0 Å². The summed E-state index contributed by atoms with van der Waals surface area (Å²) in [6, 6.07) is 11.4. The van der Waals surface area contributed by atoms with E-state index in [-0.39, 0.29) is 12.2 Å². The quantitative estimate of drug-likeness (QED) is 0.563. The van der Waals surface area contributed by atoms with Crippen LogP contribution in [0.4, 0.5) is 0 Å². The van der Waals surface area contributed by atoms with Gasteiger partial charge in [0.2, 0.25) is 0 Å². The molecule has 0 atom stereocenters. The van der Waals surface area contributed by atoms with Gasteiger partial charge in [-0.1, -0.05) is 22.9 Å². The SMILES string of the molecule is Cc1cccc(-c2nc(Cn3nnn(-c4cccs4)c3=O)no2)c1. The molecule has 0 saturated heterocycles. The highest BCUT2D eigenvalue weighted by molar-refractivity contribution is 7.12. The van der Waals surface area contributed by atoms with Crippen molar-refractivity contribution in [1.82, 2.24) is 29.9 Å². The summed E-state index contributed by atoms with van der Waals surface area (Å²) < 4.78 is 7.71. The van der Waals surface area contributed by atoms with E-state index in [9.17, 15) is 4.79 Å². The molecule has 0 radical (unpaired) electrons. The van der Waals surface area contributed by atoms with Gasteiger partial charge in [-0.3, -0.25) is 0 Å². The van der Waals surface area contributed by atoms with Gasteiger partial charge in [-0.15, -0.1) is 11.3 Å². The van der Waals surface area contributed by atoms with Gasteiger partial charge in [-0.25, -0.2) is 4.79 Å². The van der Waals surface area contributed by atoms with E-state index in [4.69, 9.17) is 4.52 Å². The Morgan fingerprint density at radius 3 is 2.92 bits per heavy atom. The predicted octanol–water partition coefficient (Wildman–Crippen LogP) is 1.90. The van der Waals surface area contributed by atoms with Gasteiger partial charge in [0.25, 0.3) is 5.89 Å². The van der Waals surface area contributed by atoms with Crippen molar-refractivity contribution in [2.45, 2.75) is 13.5 Å². The Bertz CT molecular complexity index is 1030. The summed E-state index contributed by atoms with van der Waals surface area (Å²) in [6.07, 6.45) is 0. The zero-order valence-corrected chi connectivity index (χ0v) is 13.5. The minimum atomic E-state index is -0.348. The third-order valence-electron chi connectivity index (χ3n) is 3.38. The minimum absolute atomic E-state index is 0.0968.